The second-order valence-electron chi connectivity index (χ2n) is 5.48. The van der Waals surface area contributed by atoms with Crippen molar-refractivity contribution in [1.29, 1.82) is 0 Å². The van der Waals surface area contributed by atoms with Gasteiger partial charge in [-0.3, -0.25) is 9.59 Å². The minimum absolute atomic E-state index is 0.0999. The molecule has 2 rings (SSSR count). The van der Waals surface area contributed by atoms with Crippen molar-refractivity contribution in [3.05, 3.63) is 53.6 Å². The molecule has 0 aliphatic carbocycles. The molecule has 0 saturated carbocycles. The van der Waals surface area contributed by atoms with Crippen molar-refractivity contribution in [2.24, 2.45) is 0 Å². The maximum atomic E-state index is 12.1. The van der Waals surface area contributed by atoms with Gasteiger partial charge in [0, 0.05) is 24.7 Å². The van der Waals surface area contributed by atoms with E-state index in [2.05, 4.69) is 10.6 Å². The number of amides is 2. The fourth-order valence-corrected chi connectivity index (χ4v) is 2.44. The summed E-state index contributed by atoms with van der Waals surface area (Å²) in [5, 5.41) is 5.57. The molecule has 25 heavy (non-hydrogen) atoms. The Morgan fingerprint density at radius 1 is 1.00 bits per heavy atom. The normalized spacial score (nSPS) is 10.0. The lowest BCUT2D eigenvalue weighted by Crippen LogP contribution is -2.24. The zero-order valence-electron chi connectivity index (χ0n) is 14.6. The largest absolute Gasteiger partial charge is 0.493 e. The van der Waals surface area contributed by atoms with Gasteiger partial charge in [0.25, 0.3) is 0 Å². The minimum Gasteiger partial charge on any atom is -0.493 e. The first-order valence-electron chi connectivity index (χ1n) is 7.86. The first-order valence-corrected chi connectivity index (χ1v) is 7.86. The molecule has 0 unspecified atom stereocenters. The molecule has 0 spiro atoms. The fourth-order valence-electron chi connectivity index (χ4n) is 2.44. The van der Waals surface area contributed by atoms with Crippen molar-refractivity contribution < 1.29 is 19.1 Å². The van der Waals surface area contributed by atoms with E-state index in [1.165, 1.54) is 6.92 Å². The molecule has 0 aliphatic rings. The van der Waals surface area contributed by atoms with Crippen LogP contribution in [0.15, 0.2) is 42.5 Å². The highest BCUT2D eigenvalue weighted by Crippen LogP contribution is 2.30. The van der Waals surface area contributed by atoms with Gasteiger partial charge in [-0.05, 0) is 23.8 Å². The SMILES string of the molecule is COc1cccc(CNC(=O)Cc2ccc(NC(C)=O)cc2)c1OC. The molecule has 0 fully saturated rings. The third-order valence-electron chi connectivity index (χ3n) is 3.60. The molecule has 0 heterocycles. The van der Waals surface area contributed by atoms with Crippen LogP contribution in [0.25, 0.3) is 0 Å². The van der Waals surface area contributed by atoms with Crippen LogP contribution in [-0.4, -0.2) is 26.0 Å². The lowest BCUT2D eigenvalue weighted by atomic mass is 10.1. The first-order chi connectivity index (χ1) is 12.0. The van der Waals surface area contributed by atoms with Crippen molar-refractivity contribution >= 4 is 17.5 Å². The number of carbonyl (C=O) groups excluding carboxylic acids is 2. The molecule has 6 nitrogen and oxygen atoms in total. The average Bonchev–Trinajstić information content (AvgIpc) is 2.60. The standard InChI is InChI=1S/C19H22N2O4/c1-13(22)21-16-9-7-14(8-10-16)11-18(23)20-12-15-5-4-6-17(24-2)19(15)25-3/h4-10H,11-12H2,1-3H3,(H,20,23)(H,21,22). The average molecular weight is 342 g/mol. The Bertz CT molecular complexity index is 742. The van der Waals surface area contributed by atoms with Gasteiger partial charge < -0.3 is 20.1 Å². The lowest BCUT2D eigenvalue weighted by Gasteiger charge is -2.13. The molecular formula is C19H22N2O4. The van der Waals surface area contributed by atoms with Crippen molar-refractivity contribution in [1.82, 2.24) is 5.32 Å². The highest BCUT2D eigenvalue weighted by molar-refractivity contribution is 5.88. The summed E-state index contributed by atoms with van der Waals surface area (Å²) < 4.78 is 10.6. The smallest absolute Gasteiger partial charge is 0.224 e. The summed E-state index contributed by atoms with van der Waals surface area (Å²) in [6, 6.07) is 12.7. The van der Waals surface area contributed by atoms with Crippen LogP contribution >= 0.6 is 0 Å². The van der Waals surface area contributed by atoms with E-state index in [-0.39, 0.29) is 18.2 Å². The Balaban J connectivity index is 1.94. The van der Waals surface area contributed by atoms with Gasteiger partial charge in [-0.25, -0.2) is 0 Å². The Labute approximate surface area is 147 Å². The number of nitrogens with one attached hydrogen (secondary N) is 2. The van der Waals surface area contributed by atoms with Gasteiger partial charge in [0.15, 0.2) is 11.5 Å². The van der Waals surface area contributed by atoms with Crippen LogP contribution in [0, 0.1) is 0 Å². The third kappa shape index (κ3) is 5.24. The number of anilines is 1. The molecular weight excluding hydrogens is 320 g/mol. The number of para-hydroxylation sites is 1. The summed E-state index contributed by atoms with van der Waals surface area (Å²) in [4.78, 5) is 23.1. The Morgan fingerprint density at radius 3 is 2.32 bits per heavy atom. The maximum absolute atomic E-state index is 12.1. The molecule has 132 valence electrons. The van der Waals surface area contributed by atoms with E-state index in [0.717, 1.165) is 11.1 Å². The molecule has 0 radical (unpaired) electrons. The zero-order chi connectivity index (χ0) is 18.2. The predicted molar refractivity (Wildman–Crippen MR) is 95.8 cm³/mol. The maximum Gasteiger partial charge on any atom is 0.224 e. The zero-order valence-corrected chi connectivity index (χ0v) is 14.6. The van der Waals surface area contributed by atoms with Gasteiger partial charge in [0.2, 0.25) is 11.8 Å². The molecule has 6 heteroatoms. The molecule has 0 aromatic heterocycles. The van der Waals surface area contributed by atoms with Crippen molar-refractivity contribution in [2.45, 2.75) is 19.9 Å². The van der Waals surface area contributed by atoms with E-state index in [1.54, 1.807) is 32.4 Å². The number of hydrogen-bond acceptors (Lipinski definition) is 4. The van der Waals surface area contributed by atoms with Gasteiger partial charge in [0.1, 0.15) is 0 Å². The van der Waals surface area contributed by atoms with E-state index in [9.17, 15) is 9.59 Å². The van der Waals surface area contributed by atoms with Crippen molar-refractivity contribution in [2.75, 3.05) is 19.5 Å². The lowest BCUT2D eigenvalue weighted by molar-refractivity contribution is -0.120. The number of hydrogen-bond donors (Lipinski definition) is 2. The second kappa shape index (κ2) is 8.73. The van der Waals surface area contributed by atoms with Crippen LogP contribution in [-0.2, 0) is 22.6 Å². The van der Waals surface area contributed by atoms with E-state index < -0.39 is 0 Å². The second-order valence-corrected chi connectivity index (χ2v) is 5.48. The summed E-state index contributed by atoms with van der Waals surface area (Å²) in [5.41, 5.74) is 2.41. The molecule has 2 N–H and O–H groups in total. The number of benzene rings is 2. The number of ether oxygens (including phenoxy) is 2. The number of methoxy groups -OCH3 is 2. The topological polar surface area (TPSA) is 76.7 Å². The molecule has 0 saturated heterocycles. The summed E-state index contributed by atoms with van der Waals surface area (Å²) in [6.07, 6.45) is 0.257. The molecule has 0 aliphatic heterocycles. The van der Waals surface area contributed by atoms with Crippen molar-refractivity contribution in [3.8, 4) is 11.5 Å². The van der Waals surface area contributed by atoms with Crippen LogP contribution in [0.4, 0.5) is 5.69 Å². The Kier molecular flexibility index (Phi) is 6.39. The van der Waals surface area contributed by atoms with E-state index in [0.29, 0.717) is 23.7 Å². The van der Waals surface area contributed by atoms with Crippen LogP contribution in [0.5, 0.6) is 11.5 Å². The number of carbonyl (C=O) groups is 2. The Hall–Kier alpha value is -3.02. The highest BCUT2D eigenvalue weighted by atomic mass is 16.5. The molecule has 2 amide bonds. The van der Waals surface area contributed by atoms with Gasteiger partial charge in [-0.15, -0.1) is 0 Å². The van der Waals surface area contributed by atoms with Crippen molar-refractivity contribution in [3.63, 3.8) is 0 Å². The predicted octanol–water partition coefficient (Wildman–Crippen LogP) is 2.52. The summed E-state index contributed by atoms with van der Waals surface area (Å²) >= 11 is 0. The molecule has 0 atom stereocenters. The molecule has 2 aromatic carbocycles. The van der Waals surface area contributed by atoms with E-state index >= 15 is 0 Å². The van der Waals surface area contributed by atoms with Crippen LogP contribution in [0.2, 0.25) is 0 Å². The highest BCUT2D eigenvalue weighted by Gasteiger charge is 2.11. The van der Waals surface area contributed by atoms with Gasteiger partial charge in [-0.2, -0.15) is 0 Å². The van der Waals surface area contributed by atoms with Crippen LogP contribution in [0.1, 0.15) is 18.1 Å². The monoisotopic (exact) mass is 342 g/mol. The van der Waals surface area contributed by atoms with Gasteiger partial charge in [-0.1, -0.05) is 24.3 Å². The molecule has 2 aromatic rings. The number of rotatable bonds is 7. The molecule has 0 bridgehead atoms. The minimum atomic E-state index is -0.127. The van der Waals surface area contributed by atoms with Crippen LogP contribution in [0.3, 0.4) is 0 Å². The van der Waals surface area contributed by atoms with E-state index in [4.69, 9.17) is 9.47 Å². The van der Waals surface area contributed by atoms with Gasteiger partial charge >= 0.3 is 0 Å². The van der Waals surface area contributed by atoms with Crippen LogP contribution < -0.4 is 20.1 Å². The fraction of sp³-hybridized carbons (Fsp3) is 0.263. The quantitative estimate of drug-likeness (QED) is 0.811. The summed E-state index contributed by atoms with van der Waals surface area (Å²) in [7, 11) is 3.14. The summed E-state index contributed by atoms with van der Waals surface area (Å²) in [6.45, 7) is 1.80. The first kappa shape index (κ1) is 18.3. The third-order valence-corrected chi connectivity index (χ3v) is 3.60. The Morgan fingerprint density at radius 2 is 1.72 bits per heavy atom. The van der Waals surface area contributed by atoms with E-state index in [1.807, 2.05) is 24.3 Å². The summed E-state index contributed by atoms with van der Waals surface area (Å²) in [5.74, 6) is 1.02. The van der Waals surface area contributed by atoms with Gasteiger partial charge in [0.05, 0.1) is 20.6 Å².